The lowest BCUT2D eigenvalue weighted by Crippen LogP contribution is -1.85. The van der Waals surface area contributed by atoms with Crippen molar-refractivity contribution in [3.05, 3.63) is 12.2 Å². The Morgan fingerprint density at radius 2 is 2.29 bits per heavy atom. The zero-order valence-corrected chi connectivity index (χ0v) is 5.79. The van der Waals surface area contributed by atoms with Crippen LogP contribution in [0.25, 0.3) is 0 Å². The largest absolute Gasteiger partial charge is 0.281 e. The van der Waals surface area contributed by atoms with Crippen LogP contribution in [-0.4, -0.2) is 4.69 Å². The van der Waals surface area contributed by atoms with Crippen molar-refractivity contribution in [2.75, 3.05) is 0 Å². The fourth-order valence-corrected chi connectivity index (χ4v) is 0.419. The maximum atomic E-state index is 10.2. The summed E-state index contributed by atoms with van der Waals surface area (Å²) >= 11 is 2.76. The average molecular weight is 163 g/mol. The minimum atomic E-state index is -0.0880. The standard InChI is InChI=1S/C5H7BrO/c1-3-4(2)5(6)7/h2-3H2,1H3. The van der Waals surface area contributed by atoms with Gasteiger partial charge in [-0.3, -0.25) is 4.79 Å². The van der Waals surface area contributed by atoms with Gasteiger partial charge in [-0.2, -0.15) is 0 Å². The summed E-state index contributed by atoms with van der Waals surface area (Å²) in [6.45, 7) is 5.37. The lowest BCUT2D eigenvalue weighted by Gasteiger charge is -1.87. The molecular formula is C5H7BrO. The molecule has 0 saturated carbocycles. The van der Waals surface area contributed by atoms with Gasteiger partial charge in [0.2, 0.25) is 4.69 Å². The van der Waals surface area contributed by atoms with Crippen molar-refractivity contribution in [1.29, 1.82) is 0 Å². The molecule has 0 atom stereocenters. The minimum absolute atomic E-state index is 0.0880. The van der Waals surface area contributed by atoms with Gasteiger partial charge >= 0.3 is 0 Å². The lowest BCUT2D eigenvalue weighted by molar-refractivity contribution is -0.107. The first-order chi connectivity index (χ1) is 3.18. The summed E-state index contributed by atoms with van der Waals surface area (Å²) in [6, 6.07) is 0. The predicted molar refractivity (Wildman–Crippen MR) is 33.4 cm³/mol. The molecule has 0 N–H and O–H groups in total. The number of carbonyl (C=O) groups is 1. The van der Waals surface area contributed by atoms with Gasteiger partial charge in [0.25, 0.3) is 0 Å². The Hall–Kier alpha value is -0.110. The summed E-state index contributed by atoms with van der Waals surface area (Å²) in [7, 11) is 0. The molecule has 0 fully saturated rings. The van der Waals surface area contributed by atoms with E-state index in [1.54, 1.807) is 0 Å². The molecule has 1 nitrogen and oxygen atoms in total. The first-order valence-electron chi connectivity index (χ1n) is 2.06. The van der Waals surface area contributed by atoms with Gasteiger partial charge in [0.05, 0.1) is 0 Å². The highest BCUT2D eigenvalue weighted by Crippen LogP contribution is 2.01. The Bertz CT molecular complexity index is 96.3. The Labute approximate surface area is 51.5 Å². The van der Waals surface area contributed by atoms with Gasteiger partial charge in [-0.05, 0) is 27.9 Å². The molecule has 0 heterocycles. The molecule has 0 saturated heterocycles. The number of hydrogen-bond acceptors (Lipinski definition) is 1. The van der Waals surface area contributed by atoms with E-state index in [0.717, 1.165) is 6.42 Å². The van der Waals surface area contributed by atoms with E-state index >= 15 is 0 Å². The zero-order valence-electron chi connectivity index (χ0n) is 4.20. The second-order valence-corrected chi connectivity index (χ2v) is 1.95. The normalized spacial score (nSPS) is 8.29. The van der Waals surface area contributed by atoms with E-state index in [4.69, 9.17) is 0 Å². The van der Waals surface area contributed by atoms with Crippen LogP contribution in [0.4, 0.5) is 0 Å². The number of hydrogen-bond donors (Lipinski definition) is 0. The molecule has 7 heavy (non-hydrogen) atoms. The molecule has 0 radical (unpaired) electrons. The summed E-state index contributed by atoms with van der Waals surface area (Å²) < 4.78 is -0.0880. The van der Waals surface area contributed by atoms with Crippen molar-refractivity contribution in [2.24, 2.45) is 0 Å². The molecule has 2 heteroatoms. The fourth-order valence-electron chi connectivity index (χ4n) is 0.139. The van der Waals surface area contributed by atoms with Crippen molar-refractivity contribution in [1.82, 2.24) is 0 Å². The van der Waals surface area contributed by atoms with Crippen LogP contribution in [0.3, 0.4) is 0 Å². The van der Waals surface area contributed by atoms with Gasteiger partial charge in [-0.25, -0.2) is 0 Å². The van der Waals surface area contributed by atoms with Crippen LogP contribution in [0.2, 0.25) is 0 Å². The minimum Gasteiger partial charge on any atom is -0.281 e. The number of rotatable bonds is 2. The highest BCUT2D eigenvalue weighted by molar-refractivity contribution is 9.18. The highest BCUT2D eigenvalue weighted by Gasteiger charge is 1.95. The Morgan fingerprint density at radius 3 is 2.29 bits per heavy atom. The Kier molecular flexibility index (Phi) is 2.92. The van der Waals surface area contributed by atoms with Crippen LogP contribution in [0.5, 0.6) is 0 Å². The number of allylic oxidation sites excluding steroid dienone is 1. The van der Waals surface area contributed by atoms with Crippen LogP contribution >= 0.6 is 15.9 Å². The van der Waals surface area contributed by atoms with E-state index in [0.29, 0.717) is 5.57 Å². The summed E-state index contributed by atoms with van der Waals surface area (Å²) in [6.07, 6.45) is 0.726. The van der Waals surface area contributed by atoms with E-state index < -0.39 is 0 Å². The van der Waals surface area contributed by atoms with Gasteiger partial charge in [0.1, 0.15) is 0 Å². The smallest absolute Gasteiger partial charge is 0.223 e. The first-order valence-corrected chi connectivity index (χ1v) is 2.85. The fraction of sp³-hybridized carbons (Fsp3) is 0.400. The maximum Gasteiger partial charge on any atom is 0.223 e. The van der Waals surface area contributed by atoms with Gasteiger partial charge in [-0.1, -0.05) is 13.5 Å². The molecule has 0 aromatic carbocycles. The van der Waals surface area contributed by atoms with Gasteiger partial charge < -0.3 is 0 Å². The zero-order chi connectivity index (χ0) is 5.86. The summed E-state index contributed by atoms with van der Waals surface area (Å²) in [4.78, 5) is 10.2. The number of carbonyl (C=O) groups excluding carboxylic acids is 1. The van der Waals surface area contributed by atoms with Crippen molar-refractivity contribution in [3.63, 3.8) is 0 Å². The van der Waals surface area contributed by atoms with Gasteiger partial charge in [-0.15, -0.1) is 0 Å². The van der Waals surface area contributed by atoms with E-state index in [-0.39, 0.29) is 4.69 Å². The second-order valence-electron chi connectivity index (χ2n) is 1.23. The molecule has 0 unspecified atom stereocenters. The van der Waals surface area contributed by atoms with Gasteiger partial charge in [0, 0.05) is 0 Å². The summed E-state index contributed by atoms with van der Waals surface area (Å²) in [5.74, 6) is 0. The molecule has 0 rings (SSSR count). The monoisotopic (exact) mass is 162 g/mol. The maximum absolute atomic E-state index is 10.2. The average Bonchev–Trinajstić information content (AvgIpc) is 1.65. The van der Waals surface area contributed by atoms with E-state index in [1.807, 2.05) is 6.92 Å². The molecule has 0 aliphatic heterocycles. The van der Waals surface area contributed by atoms with Crippen molar-refractivity contribution in [2.45, 2.75) is 13.3 Å². The van der Waals surface area contributed by atoms with Crippen LogP contribution in [0.15, 0.2) is 12.2 Å². The second kappa shape index (κ2) is 2.97. The quantitative estimate of drug-likeness (QED) is 0.448. The van der Waals surface area contributed by atoms with Crippen LogP contribution in [0, 0.1) is 0 Å². The lowest BCUT2D eigenvalue weighted by atomic mass is 10.3. The molecule has 0 aliphatic rings. The van der Waals surface area contributed by atoms with Gasteiger partial charge in [0.15, 0.2) is 0 Å². The molecule has 0 amide bonds. The third kappa shape index (κ3) is 2.57. The molecule has 0 aliphatic carbocycles. The topological polar surface area (TPSA) is 17.1 Å². The molecular weight excluding hydrogens is 156 g/mol. The molecule has 40 valence electrons. The third-order valence-corrected chi connectivity index (χ3v) is 1.27. The Morgan fingerprint density at radius 1 is 1.86 bits per heavy atom. The van der Waals surface area contributed by atoms with E-state index in [9.17, 15) is 4.79 Å². The summed E-state index contributed by atoms with van der Waals surface area (Å²) in [5, 5.41) is 0. The van der Waals surface area contributed by atoms with Crippen LogP contribution in [0.1, 0.15) is 13.3 Å². The van der Waals surface area contributed by atoms with E-state index in [1.165, 1.54) is 0 Å². The third-order valence-electron chi connectivity index (χ3n) is 0.705. The Balaban J connectivity index is 3.58. The highest BCUT2D eigenvalue weighted by atomic mass is 79.9. The molecule has 0 bridgehead atoms. The molecule has 0 aromatic rings. The van der Waals surface area contributed by atoms with Crippen molar-refractivity contribution in [3.8, 4) is 0 Å². The SMILES string of the molecule is C=C(CC)C(=O)Br. The number of halogens is 1. The molecule has 0 aromatic heterocycles. The van der Waals surface area contributed by atoms with E-state index in [2.05, 4.69) is 22.5 Å². The predicted octanol–water partition coefficient (Wildman–Crippen LogP) is 1.87. The molecule has 0 spiro atoms. The van der Waals surface area contributed by atoms with Crippen molar-refractivity contribution >= 4 is 20.6 Å². The summed E-state index contributed by atoms with van der Waals surface area (Å²) in [5.41, 5.74) is 0.625. The van der Waals surface area contributed by atoms with Crippen molar-refractivity contribution < 1.29 is 4.79 Å². The van der Waals surface area contributed by atoms with Crippen LogP contribution < -0.4 is 0 Å². The first kappa shape index (κ1) is 6.89. The van der Waals surface area contributed by atoms with Crippen LogP contribution in [-0.2, 0) is 4.79 Å².